The number of thioether (sulfide) groups is 1. The SMILES string of the molecule is COc1ccc(C(=O)CSc2n[nH]c(=O)n2C[C@H]2CCCO2)cc1OC. The summed E-state index contributed by atoms with van der Waals surface area (Å²) in [5.41, 5.74) is 0.222. The molecular formula is C17H21N3O5S. The van der Waals surface area contributed by atoms with Gasteiger partial charge in [-0.3, -0.25) is 9.36 Å². The van der Waals surface area contributed by atoms with E-state index >= 15 is 0 Å². The van der Waals surface area contributed by atoms with Crippen molar-refractivity contribution in [2.45, 2.75) is 30.6 Å². The second kappa shape index (κ2) is 8.41. The maximum absolute atomic E-state index is 12.5. The van der Waals surface area contributed by atoms with Crippen LogP contribution in [0, 0.1) is 0 Å². The molecule has 0 bridgehead atoms. The zero-order chi connectivity index (χ0) is 18.5. The summed E-state index contributed by atoms with van der Waals surface area (Å²) >= 11 is 1.22. The molecule has 0 radical (unpaired) electrons. The number of nitrogens with one attached hydrogen (secondary N) is 1. The van der Waals surface area contributed by atoms with Crippen LogP contribution >= 0.6 is 11.8 Å². The third-order valence-electron chi connectivity index (χ3n) is 4.17. The Morgan fingerprint density at radius 3 is 2.88 bits per heavy atom. The molecule has 2 aromatic rings. The van der Waals surface area contributed by atoms with Gasteiger partial charge in [-0.2, -0.15) is 0 Å². The van der Waals surface area contributed by atoms with E-state index in [0.29, 0.717) is 28.8 Å². The van der Waals surface area contributed by atoms with Gasteiger partial charge in [0.05, 0.1) is 32.6 Å². The second-order valence-electron chi connectivity index (χ2n) is 5.84. The number of aromatic nitrogens is 3. The molecule has 0 spiro atoms. The predicted octanol–water partition coefficient (Wildman–Crippen LogP) is 1.74. The van der Waals surface area contributed by atoms with Gasteiger partial charge < -0.3 is 14.2 Å². The minimum absolute atomic E-state index is 0.0196. The van der Waals surface area contributed by atoms with Crippen LogP contribution < -0.4 is 15.2 Å². The van der Waals surface area contributed by atoms with Gasteiger partial charge in [-0.25, -0.2) is 9.89 Å². The van der Waals surface area contributed by atoms with Crippen LogP contribution in [0.2, 0.25) is 0 Å². The van der Waals surface area contributed by atoms with E-state index in [4.69, 9.17) is 14.2 Å². The number of ether oxygens (including phenoxy) is 3. The van der Waals surface area contributed by atoms with E-state index in [2.05, 4.69) is 10.2 Å². The van der Waals surface area contributed by atoms with Crippen molar-refractivity contribution in [1.82, 2.24) is 14.8 Å². The van der Waals surface area contributed by atoms with Crippen molar-refractivity contribution in [2.75, 3.05) is 26.6 Å². The lowest BCUT2D eigenvalue weighted by Gasteiger charge is -2.11. The van der Waals surface area contributed by atoms with Crippen molar-refractivity contribution >= 4 is 17.5 Å². The Morgan fingerprint density at radius 2 is 2.19 bits per heavy atom. The van der Waals surface area contributed by atoms with Crippen molar-refractivity contribution < 1.29 is 19.0 Å². The molecule has 1 aliphatic heterocycles. The van der Waals surface area contributed by atoms with Crippen molar-refractivity contribution in [2.24, 2.45) is 0 Å². The van der Waals surface area contributed by atoms with Crippen LogP contribution in [0.5, 0.6) is 11.5 Å². The Bertz CT molecular complexity index is 826. The molecule has 0 aliphatic carbocycles. The summed E-state index contributed by atoms with van der Waals surface area (Å²) in [5, 5.41) is 6.95. The molecule has 8 nitrogen and oxygen atoms in total. The van der Waals surface area contributed by atoms with Crippen molar-refractivity contribution in [3.63, 3.8) is 0 Å². The summed E-state index contributed by atoms with van der Waals surface area (Å²) in [5.74, 6) is 1.13. The fourth-order valence-corrected chi connectivity index (χ4v) is 3.64. The molecule has 2 heterocycles. The van der Waals surface area contributed by atoms with Gasteiger partial charge in [0.15, 0.2) is 22.4 Å². The fourth-order valence-electron chi connectivity index (χ4n) is 2.79. The minimum Gasteiger partial charge on any atom is -0.493 e. The second-order valence-corrected chi connectivity index (χ2v) is 6.78. The zero-order valence-corrected chi connectivity index (χ0v) is 15.5. The lowest BCUT2D eigenvalue weighted by atomic mass is 10.1. The Hall–Kier alpha value is -2.26. The molecule has 1 aliphatic rings. The predicted molar refractivity (Wildman–Crippen MR) is 96.4 cm³/mol. The third kappa shape index (κ3) is 4.10. The van der Waals surface area contributed by atoms with Gasteiger partial charge in [-0.05, 0) is 31.0 Å². The fraction of sp³-hybridized carbons (Fsp3) is 0.471. The molecule has 1 aromatic heterocycles. The first-order chi connectivity index (χ1) is 12.6. The number of carbonyl (C=O) groups is 1. The van der Waals surface area contributed by atoms with Crippen LogP contribution in [-0.4, -0.2) is 53.2 Å². The van der Waals surface area contributed by atoms with Crippen molar-refractivity contribution in [3.8, 4) is 11.5 Å². The molecule has 26 heavy (non-hydrogen) atoms. The molecule has 3 rings (SSSR count). The molecule has 1 N–H and O–H groups in total. The van der Waals surface area contributed by atoms with E-state index in [1.54, 1.807) is 25.3 Å². The number of aromatic amines is 1. The average molecular weight is 379 g/mol. The molecule has 0 saturated carbocycles. The van der Waals surface area contributed by atoms with Crippen LogP contribution in [0.1, 0.15) is 23.2 Å². The minimum atomic E-state index is -0.290. The smallest absolute Gasteiger partial charge is 0.344 e. The van der Waals surface area contributed by atoms with Crippen LogP contribution in [-0.2, 0) is 11.3 Å². The standard InChI is InChI=1S/C17H21N3O5S/c1-23-14-6-5-11(8-15(14)24-2)13(21)10-26-17-19-18-16(22)20(17)9-12-4-3-7-25-12/h5-6,8,12H,3-4,7,9-10H2,1-2H3,(H,18,22)/t12-/m1/s1. The van der Waals surface area contributed by atoms with Crippen LogP contribution in [0.15, 0.2) is 28.2 Å². The van der Waals surface area contributed by atoms with Gasteiger partial charge in [0.25, 0.3) is 0 Å². The summed E-state index contributed by atoms with van der Waals surface area (Å²) in [6.45, 7) is 1.17. The Balaban J connectivity index is 1.67. The number of H-pyrrole nitrogens is 1. The first kappa shape index (κ1) is 18.5. The lowest BCUT2D eigenvalue weighted by molar-refractivity contribution is 0.0941. The summed E-state index contributed by atoms with van der Waals surface area (Å²) in [6, 6.07) is 5.03. The van der Waals surface area contributed by atoms with E-state index in [0.717, 1.165) is 19.4 Å². The highest BCUT2D eigenvalue weighted by Crippen LogP contribution is 2.28. The summed E-state index contributed by atoms with van der Waals surface area (Å²) in [4.78, 5) is 24.4. The number of ketones is 1. The molecule has 9 heteroatoms. The Morgan fingerprint density at radius 1 is 1.38 bits per heavy atom. The van der Waals surface area contributed by atoms with Gasteiger partial charge in [-0.1, -0.05) is 11.8 Å². The molecule has 1 fully saturated rings. The number of rotatable bonds is 8. The van der Waals surface area contributed by atoms with Gasteiger partial charge in [-0.15, -0.1) is 5.10 Å². The highest BCUT2D eigenvalue weighted by Gasteiger charge is 2.20. The summed E-state index contributed by atoms with van der Waals surface area (Å²) in [7, 11) is 3.06. The van der Waals surface area contributed by atoms with E-state index in [9.17, 15) is 9.59 Å². The molecular weight excluding hydrogens is 358 g/mol. The molecule has 1 aromatic carbocycles. The highest BCUT2D eigenvalue weighted by atomic mass is 32.2. The molecule has 0 unspecified atom stereocenters. The van der Waals surface area contributed by atoms with Crippen LogP contribution in [0.3, 0.4) is 0 Å². The topological polar surface area (TPSA) is 95.4 Å². The number of hydrogen-bond donors (Lipinski definition) is 1. The van der Waals surface area contributed by atoms with E-state index in [-0.39, 0.29) is 23.3 Å². The monoisotopic (exact) mass is 379 g/mol. The Labute approximate surface area is 154 Å². The largest absolute Gasteiger partial charge is 0.493 e. The van der Waals surface area contributed by atoms with E-state index < -0.39 is 0 Å². The zero-order valence-electron chi connectivity index (χ0n) is 14.7. The number of Topliss-reactive ketones (excluding diaryl/α,β-unsaturated/α-hetero) is 1. The molecule has 140 valence electrons. The number of methoxy groups -OCH3 is 2. The number of hydrogen-bond acceptors (Lipinski definition) is 7. The van der Waals surface area contributed by atoms with Crippen molar-refractivity contribution in [1.29, 1.82) is 0 Å². The summed E-state index contributed by atoms with van der Waals surface area (Å²) in [6.07, 6.45) is 1.94. The molecule has 0 amide bonds. The van der Waals surface area contributed by atoms with Crippen LogP contribution in [0.4, 0.5) is 0 Å². The quantitative estimate of drug-likeness (QED) is 0.551. The highest BCUT2D eigenvalue weighted by molar-refractivity contribution is 7.99. The summed E-state index contributed by atoms with van der Waals surface area (Å²) < 4.78 is 17.5. The van der Waals surface area contributed by atoms with E-state index in [1.165, 1.54) is 23.4 Å². The first-order valence-corrected chi connectivity index (χ1v) is 9.25. The Kier molecular flexibility index (Phi) is 6.00. The molecule has 1 saturated heterocycles. The van der Waals surface area contributed by atoms with Crippen LogP contribution in [0.25, 0.3) is 0 Å². The average Bonchev–Trinajstić information content (AvgIpc) is 3.30. The maximum Gasteiger partial charge on any atom is 0.344 e. The van der Waals surface area contributed by atoms with Crippen molar-refractivity contribution in [3.05, 3.63) is 34.2 Å². The first-order valence-electron chi connectivity index (χ1n) is 8.27. The van der Waals surface area contributed by atoms with E-state index in [1.807, 2.05) is 0 Å². The number of benzene rings is 1. The van der Waals surface area contributed by atoms with Gasteiger partial charge >= 0.3 is 5.69 Å². The number of carbonyl (C=O) groups excluding carboxylic acids is 1. The number of nitrogens with zero attached hydrogens (tertiary/aromatic N) is 2. The maximum atomic E-state index is 12.5. The van der Waals surface area contributed by atoms with Gasteiger partial charge in [0.2, 0.25) is 0 Å². The molecule has 1 atom stereocenters. The lowest BCUT2D eigenvalue weighted by Crippen LogP contribution is -2.25. The normalized spacial score (nSPS) is 16.6. The van der Waals surface area contributed by atoms with Gasteiger partial charge in [0, 0.05) is 12.2 Å². The van der Waals surface area contributed by atoms with Gasteiger partial charge in [0.1, 0.15) is 0 Å². The third-order valence-corrected chi connectivity index (χ3v) is 5.15.